The van der Waals surface area contributed by atoms with Gasteiger partial charge in [0.05, 0.1) is 21.7 Å². The number of carbonyl (C=O) groups is 1. The average molecular weight is 524 g/mol. The Kier molecular flexibility index (Phi) is 7.80. The molecule has 0 radical (unpaired) electrons. The fourth-order valence-electron chi connectivity index (χ4n) is 4.33. The lowest BCUT2D eigenvalue weighted by molar-refractivity contribution is 0.0997. The van der Waals surface area contributed by atoms with E-state index in [1.54, 1.807) is 7.05 Å². The number of rotatable bonds is 7. The van der Waals surface area contributed by atoms with E-state index >= 15 is 0 Å². The van der Waals surface area contributed by atoms with Gasteiger partial charge in [0.15, 0.2) is 10.6 Å². The van der Waals surface area contributed by atoms with Crippen LogP contribution in [0.25, 0.3) is 10.2 Å². The summed E-state index contributed by atoms with van der Waals surface area (Å²) in [7, 11) is -0.591. The minimum absolute atomic E-state index is 0.0224. The number of sulfonamides is 1. The van der Waals surface area contributed by atoms with Crippen molar-refractivity contribution < 1.29 is 26.7 Å². The van der Waals surface area contributed by atoms with E-state index in [0.29, 0.717) is 4.70 Å². The predicted molar refractivity (Wildman–Crippen MR) is 130 cm³/mol. The van der Waals surface area contributed by atoms with Gasteiger partial charge < -0.3 is 9.30 Å². The summed E-state index contributed by atoms with van der Waals surface area (Å²) in [5, 5.41) is 0. The topological polar surface area (TPSA) is 81.0 Å². The minimum atomic E-state index is -3.68. The summed E-state index contributed by atoms with van der Waals surface area (Å²) in [6.07, 6.45) is 4.83. The van der Waals surface area contributed by atoms with Crippen LogP contribution >= 0.6 is 11.3 Å². The van der Waals surface area contributed by atoms with Crippen molar-refractivity contribution in [2.75, 3.05) is 20.8 Å². The summed E-state index contributed by atoms with van der Waals surface area (Å²) in [6.45, 7) is 0.459. The van der Waals surface area contributed by atoms with Crippen molar-refractivity contribution in [1.82, 2.24) is 8.87 Å². The SMILES string of the molecule is COCCn1c(=NC(=O)c2ccc(S(=O)(=O)N(C)C3CCCCC3)cc2)sc2cc(F)cc(F)c21. The van der Waals surface area contributed by atoms with E-state index in [2.05, 4.69) is 4.99 Å². The molecule has 1 aliphatic rings. The highest BCUT2D eigenvalue weighted by atomic mass is 32.2. The molecule has 1 amide bonds. The average Bonchev–Trinajstić information content (AvgIpc) is 3.19. The maximum atomic E-state index is 14.5. The summed E-state index contributed by atoms with van der Waals surface area (Å²) in [5.74, 6) is -2.09. The predicted octanol–water partition coefficient (Wildman–Crippen LogP) is 4.32. The summed E-state index contributed by atoms with van der Waals surface area (Å²) in [4.78, 5) is 17.3. The lowest BCUT2D eigenvalue weighted by Crippen LogP contribution is -2.38. The highest BCUT2D eigenvalue weighted by molar-refractivity contribution is 7.89. The van der Waals surface area contributed by atoms with Gasteiger partial charge in [0.2, 0.25) is 10.0 Å². The number of benzene rings is 2. The zero-order valence-corrected chi connectivity index (χ0v) is 21.2. The second-order valence-electron chi connectivity index (χ2n) is 8.52. The molecule has 2 aromatic carbocycles. The van der Waals surface area contributed by atoms with Crippen LogP contribution in [0, 0.1) is 11.6 Å². The molecule has 0 spiro atoms. The molecule has 3 aromatic rings. The van der Waals surface area contributed by atoms with Crippen LogP contribution in [0.4, 0.5) is 8.78 Å². The molecule has 11 heteroatoms. The molecule has 0 unspecified atom stereocenters. The minimum Gasteiger partial charge on any atom is -0.383 e. The zero-order chi connectivity index (χ0) is 25.2. The molecule has 0 aliphatic heterocycles. The van der Waals surface area contributed by atoms with Crippen LogP contribution in [-0.4, -0.2) is 50.0 Å². The van der Waals surface area contributed by atoms with Gasteiger partial charge >= 0.3 is 0 Å². The third kappa shape index (κ3) is 5.37. The van der Waals surface area contributed by atoms with Crippen LogP contribution in [0.5, 0.6) is 0 Å². The van der Waals surface area contributed by atoms with E-state index in [9.17, 15) is 22.0 Å². The lowest BCUT2D eigenvalue weighted by Gasteiger charge is -2.30. The van der Waals surface area contributed by atoms with E-state index in [4.69, 9.17) is 4.74 Å². The Hall–Kier alpha value is -2.47. The summed E-state index contributed by atoms with van der Waals surface area (Å²) >= 11 is 0.990. The number of methoxy groups -OCH3 is 1. The Morgan fingerprint density at radius 1 is 1.17 bits per heavy atom. The first-order valence-electron chi connectivity index (χ1n) is 11.4. The standard InChI is InChI=1S/C24H27F2N3O4S2/c1-28(18-6-4-3-5-7-18)35(31,32)19-10-8-16(9-11-19)23(30)27-24-29(12-13-33-2)22-20(26)14-17(25)15-21(22)34-24/h8-11,14-15,18H,3-7,12-13H2,1-2H3. The molecule has 0 N–H and O–H groups in total. The third-order valence-corrected chi connectivity index (χ3v) is 9.23. The van der Waals surface area contributed by atoms with Crippen molar-refractivity contribution in [3.05, 3.63) is 58.4 Å². The van der Waals surface area contributed by atoms with Crippen molar-refractivity contribution in [3.63, 3.8) is 0 Å². The molecule has 1 heterocycles. The maximum absolute atomic E-state index is 14.5. The van der Waals surface area contributed by atoms with E-state index in [-0.39, 0.29) is 40.0 Å². The molecule has 0 saturated heterocycles. The number of hydrogen-bond donors (Lipinski definition) is 0. The van der Waals surface area contributed by atoms with Crippen LogP contribution in [-0.2, 0) is 21.3 Å². The van der Waals surface area contributed by atoms with Gasteiger partial charge in [-0.05, 0) is 43.2 Å². The second kappa shape index (κ2) is 10.7. The van der Waals surface area contributed by atoms with Crippen LogP contribution in [0.15, 0.2) is 46.3 Å². The number of halogens is 2. The number of nitrogens with zero attached hydrogens (tertiary/aromatic N) is 3. The third-order valence-electron chi connectivity index (χ3n) is 6.28. The lowest BCUT2D eigenvalue weighted by atomic mass is 9.96. The second-order valence-corrected chi connectivity index (χ2v) is 11.5. The van der Waals surface area contributed by atoms with Crippen LogP contribution < -0.4 is 4.80 Å². The maximum Gasteiger partial charge on any atom is 0.279 e. The number of fused-ring (bicyclic) bond motifs is 1. The first kappa shape index (κ1) is 25.6. The normalized spacial score (nSPS) is 15.9. The van der Waals surface area contributed by atoms with Gasteiger partial charge in [-0.1, -0.05) is 30.6 Å². The molecular weight excluding hydrogens is 496 g/mol. The highest BCUT2D eigenvalue weighted by Crippen LogP contribution is 2.27. The van der Waals surface area contributed by atoms with E-state index in [1.807, 2.05) is 0 Å². The summed E-state index contributed by atoms with van der Waals surface area (Å²) in [6, 6.07) is 7.59. The van der Waals surface area contributed by atoms with Gasteiger partial charge in [0.25, 0.3) is 5.91 Å². The number of carbonyl (C=O) groups excluding carboxylic acids is 1. The fraction of sp³-hybridized carbons (Fsp3) is 0.417. The number of ether oxygens (including phenoxy) is 1. The van der Waals surface area contributed by atoms with Gasteiger partial charge in [-0.3, -0.25) is 4.79 Å². The van der Waals surface area contributed by atoms with Gasteiger partial charge in [0.1, 0.15) is 5.82 Å². The number of hydrogen-bond acceptors (Lipinski definition) is 5. The molecule has 4 rings (SSSR count). The smallest absolute Gasteiger partial charge is 0.279 e. The Morgan fingerprint density at radius 2 is 1.86 bits per heavy atom. The van der Waals surface area contributed by atoms with Crippen molar-refractivity contribution >= 4 is 37.5 Å². The van der Waals surface area contributed by atoms with Gasteiger partial charge in [-0.15, -0.1) is 0 Å². The molecule has 0 bridgehead atoms. The summed E-state index contributed by atoms with van der Waals surface area (Å²) in [5.41, 5.74) is 0.332. The molecule has 1 fully saturated rings. The van der Waals surface area contributed by atoms with E-state index in [0.717, 1.165) is 49.5 Å². The molecule has 1 saturated carbocycles. The highest BCUT2D eigenvalue weighted by Gasteiger charge is 2.29. The first-order chi connectivity index (χ1) is 16.7. The van der Waals surface area contributed by atoms with Crippen molar-refractivity contribution in [2.24, 2.45) is 4.99 Å². The zero-order valence-electron chi connectivity index (χ0n) is 19.5. The molecule has 188 valence electrons. The number of thiazole rings is 1. The molecule has 7 nitrogen and oxygen atoms in total. The summed E-state index contributed by atoms with van der Waals surface area (Å²) < 4.78 is 62.6. The fourth-order valence-corrected chi connectivity index (χ4v) is 6.84. The number of amides is 1. The van der Waals surface area contributed by atoms with Gasteiger partial charge in [-0.25, -0.2) is 17.2 Å². The Bertz CT molecular complexity index is 1390. The molecular formula is C24H27F2N3O4S2. The monoisotopic (exact) mass is 523 g/mol. The van der Waals surface area contributed by atoms with Crippen LogP contribution in [0.3, 0.4) is 0 Å². The van der Waals surface area contributed by atoms with Gasteiger partial charge in [-0.2, -0.15) is 9.30 Å². The van der Waals surface area contributed by atoms with E-state index < -0.39 is 27.6 Å². The van der Waals surface area contributed by atoms with Crippen molar-refractivity contribution in [2.45, 2.75) is 49.6 Å². The van der Waals surface area contributed by atoms with Crippen LogP contribution in [0.1, 0.15) is 42.5 Å². The quantitative estimate of drug-likeness (QED) is 0.462. The Balaban J connectivity index is 1.64. The molecule has 35 heavy (non-hydrogen) atoms. The Labute approximate surface area is 206 Å². The first-order valence-corrected chi connectivity index (χ1v) is 13.6. The molecule has 1 aromatic heterocycles. The van der Waals surface area contributed by atoms with Gasteiger partial charge in [0, 0.05) is 38.4 Å². The Morgan fingerprint density at radius 3 is 2.51 bits per heavy atom. The van der Waals surface area contributed by atoms with Crippen molar-refractivity contribution in [3.8, 4) is 0 Å². The molecule has 0 atom stereocenters. The van der Waals surface area contributed by atoms with Crippen LogP contribution in [0.2, 0.25) is 0 Å². The van der Waals surface area contributed by atoms with Crippen molar-refractivity contribution in [1.29, 1.82) is 0 Å². The molecule has 1 aliphatic carbocycles. The largest absolute Gasteiger partial charge is 0.383 e. The number of aromatic nitrogens is 1. The van der Waals surface area contributed by atoms with E-state index in [1.165, 1.54) is 46.3 Å².